The van der Waals surface area contributed by atoms with E-state index in [0.29, 0.717) is 11.8 Å². The second-order valence-corrected chi connectivity index (χ2v) is 4.83. The molecule has 19 heavy (non-hydrogen) atoms. The molecular weight excluding hydrogens is 264 g/mol. The van der Waals surface area contributed by atoms with Crippen molar-refractivity contribution in [2.75, 3.05) is 27.2 Å². The summed E-state index contributed by atoms with van der Waals surface area (Å²) in [6.07, 6.45) is 2.46. The second-order valence-electron chi connectivity index (χ2n) is 4.83. The maximum Gasteiger partial charge on any atom is 0.164 e. The van der Waals surface area contributed by atoms with Crippen LogP contribution in [0.15, 0.2) is 18.2 Å². The monoisotopic (exact) mass is 286 g/mol. The maximum atomic E-state index is 9.76. The van der Waals surface area contributed by atoms with Crippen molar-refractivity contribution < 1.29 is 9.84 Å². The second kappa shape index (κ2) is 7.58. The van der Waals surface area contributed by atoms with Crippen molar-refractivity contribution in [1.82, 2.24) is 10.2 Å². The van der Waals surface area contributed by atoms with Crippen LogP contribution < -0.4 is 10.1 Å². The highest BCUT2D eigenvalue weighted by Gasteiger charge is 2.20. The van der Waals surface area contributed by atoms with E-state index >= 15 is 0 Å². The van der Waals surface area contributed by atoms with Crippen LogP contribution in [0.1, 0.15) is 18.4 Å². The summed E-state index contributed by atoms with van der Waals surface area (Å²) < 4.78 is 5.28. The molecule has 1 aromatic rings. The number of likely N-dealkylation sites (tertiary alicyclic amines) is 1. The summed E-state index contributed by atoms with van der Waals surface area (Å²) in [5, 5.41) is 13.1. The zero-order valence-corrected chi connectivity index (χ0v) is 12.4. The Morgan fingerprint density at radius 3 is 2.95 bits per heavy atom. The third kappa shape index (κ3) is 4.00. The van der Waals surface area contributed by atoms with Gasteiger partial charge in [0.2, 0.25) is 0 Å². The van der Waals surface area contributed by atoms with Crippen molar-refractivity contribution in [3.63, 3.8) is 0 Å². The van der Waals surface area contributed by atoms with E-state index in [1.165, 1.54) is 12.8 Å². The minimum absolute atomic E-state index is 0. The fourth-order valence-electron chi connectivity index (χ4n) is 2.61. The molecule has 1 aromatic carbocycles. The highest BCUT2D eigenvalue weighted by molar-refractivity contribution is 5.85. The van der Waals surface area contributed by atoms with Gasteiger partial charge in [-0.25, -0.2) is 0 Å². The standard InChI is InChI=1S/C14H22N2O2.ClH/c1-15-12-6-4-8-16(10-12)9-11-5-3-7-13(17)14(11)18-2;/h3,5,7,12,15,17H,4,6,8-10H2,1-2H3;1H. The average molecular weight is 287 g/mol. The SMILES string of the molecule is CNC1CCCN(Cc2cccc(O)c2OC)C1.Cl. The molecule has 1 unspecified atom stereocenters. The lowest BCUT2D eigenvalue weighted by atomic mass is 10.0. The third-order valence-corrected chi connectivity index (χ3v) is 3.59. The topological polar surface area (TPSA) is 44.7 Å². The first-order valence-corrected chi connectivity index (χ1v) is 6.49. The van der Waals surface area contributed by atoms with Crippen LogP contribution in [0.5, 0.6) is 11.5 Å². The van der Waals surface area contributed by atoms with E-state index in [9.17, 15) is 5.11 Å². The zero-order chi connectivity index (χ0) is 13.0. The van der Waals surface area contributed by atoms with E-state index < -0.39 is 0 Å². The van der Waals surface area contributed by atoms with Crippen LogP contribution in [0.25, 0.3) is 0 Å². The van der Waals surface area contributed by atoms with Gasteiger partial charge in [-0.3, -0.25) is 4.90 Å². The van der Waals surface area contributed by atoms with E-state index in [0.717, 1.165) is 25.2 Å². The number of nitrogens with one attached hydrogen (secondary N) is 1. The molecule has 0 amide bonds. The highest BCUT2D eigenvalue weighted by atomic mass is 35.5. The Kier molecular flexibility index (Phi) is 6.42. The van der Waals surface area contributed by atoms with E-state index in [1.807, 2.05) is 19.2 Å². The van der Waals surface area contributed by atoms with Crippen molar-refractivity contribution in [3.8, 4) is 11.5 Å². The molecule has 1 atom stereocenters. The summed E-state index contributed by atoms with van der Waals surface area (Å²) in [6.45, 7) is 2.99. The van der Waals surface area contributed by atoms with Crippen LogP contribution in [0, 0.1) is 0 Å². The number of aromatic hydroxyl groups is 1. The number of phenols is 1. The normalized spacial score (nSPS) is 19.8. The van der Waals surface area contributed by atoms with Gasteiger partial charge in [0.25, 0.3) is 0 Å². The van der Waals surface area contributed by atoms with Gasteiger partial charge in [0, 0.05) is 24.7 Å². The Hall–Kier alpha value is -0.970. The summed E-state index contributed by atoms with van der Waals surface area (Å²) >= 11 is 0. The lowest BCUT2D eigenvalue weighted by Crippen LogP contribution is -2.43. The van der Waals surface area contributed by atoms with Crippen LogP contribution in [-0.4, -0.2) is 43.3 Å². The number of halogens is 1. The van der Waals surface area contributed by atoms with E-state index in [1.54, 1.807) is 13.2 Å². The molecule has 108 valence electrons. The minimum atomic E-state index is 0. The third-order valence-electron chi connectivity index (χ3n) is 3.59. The Bertz CT molecular complexity index is 401. The summed E-state index contributed by atoms with van der Waals surface area (Å²) in [7, 11) is 3.62. The number of rotatable bonds is 4. The van der Waals surface area contributed by atoms with Crippen molar-refractivity contribution in [1.29, 1.82) is 0 Å². The van der Waals surface area contributed by atoms with Gasteiger partial charge in [-0.15, -0.1) is 12.4 Å². The zero-order valence-electron chi connectivity index (χ0n) is 11.6. The molecule has 2 rings (SSSR count). The lowest BCUT2D eigenvalue weighted by Gasteiger charge is -2.32. The number of phenolic OH excluding ortho intramolecular Hbond substituents is 1. The summed E-state index contributed by atoms with van der Waals surface area (Å²) in [6, 6.07) is 6.12. The molecule has 0 bridgehead atoms. The molecule has 1 saturated heterocycles. The average Bonchev–Trinajstić information content (AvgIpc) is 2.39. The fourth-order valence-corrected chi connectivity index (χ4v) is 2.61. The van der Waals surface area contributed by atoms with Gasteiger partial charge in [-0.05, 0) is 32.5 Å². The Labute approximate surface area is 121 Å². The van der Waals surface area contributed by atoms with Crippen LogP contribution in [-0.2, 0) is 6.54 Å². The molecule has 1 aliphatic heterocycles. The van der Waals surface area contributed by atoms with E-state index in [2.05, 4.69) is 10.2 Å². The minimum Gasteiger partial charge on any atom is -0.504 e. The summed E-state index contributed by atoms with van der Waals surface area (Å²) in [5.74, 6) is 0.821. The fraction of sp³-hybridized carbons (Fsp3) is 0.571. The first kappa shape index (κ1) is 16.1. The summed E-state index contributed by atoms with van der Waals surface area (Å²) in [4.78, 5) is 2.40. The molecule has 1 aliphatic rings. The molecule has 0 saturated carbocycles. The van der Waals surface area contributed by atoms with Crippen molar-refractivity contribution in [3.05, 3.63) is 23.8 Å². The number of hydrogen-bond donors (Lipinski definition) is 2. The predicted octanol–water partition coefficient (Wildman–Crippen LogP) is 2.01. The number of nitrogens with zero attached hydrogens (tertiary/aromatic N) is 1. The first-order chi connectivity index (χ1) is 8.74. The maximum absolute atomic E-state index is 9.76. The molecule has 0 aromatic heterocycles. The number of hydrogen-bond acceptors (Lipinski definition) is 4. The number of methoxy groups -OCH3 is 1. The summed E-state index contributed by atoms with van der Waals surface area (Å²) in [5.41, 5.74) is 1.05. The first-order valence-electron chi connectivity index (χ1n) is 6.49. The van der Waals surface area contributed by atoms with Gasteiger partial charge in [-0.1, -0.05) is 12.1 Å². The molecule has 0 spiro atoms. The molecule has 0 aliphatic carbocycles. The van der Waals surface area contributed by atoms with Crippen LogP contribution in [0.2, 0.25) is 0 Å². The Balaban J connectivity index is 0.00000180. The van der Waals surface area contributed by atoms with Crippen LogP contribution in [0.3, 0.4) is 0 Å². The molecule has 5 heteroatoms. The molecule has 2 N–H and O–H groups in total. The van der Waals surface area contributed by atoms with Crippen molar-refractivity contribution in [2.24, 2.45) is 0 Å². The molecule has 1 heterocycles. The highest BCUT2D eigenvalue weighted by Crippen LogP contribution is 2.30. The number of piperidine rings is 1. The number of ether oxygens (including phenoxy) is 1. The Morgan fingerprint density at radius 2 is 2.26 bits per heavy atom. The van der Waals surface area contributed by atoms with Gasteiger partial charge in [-0.2, -0.15) is 0 Å². The Morgan fingerprint density at radius 1 is 1.47 bits per heavy atom. The van der Waals surface area contributed by atoms with Gasteiger partial charge in [0.15, 0.2) is 11.5 Å². The smallest absolute Gasteiger partial charge is 0.164 e. The molecular formula is C14H23ClN2O2. The van der Waals surface area contributed by atoms with Gasteiger partial charge in [0.05, 0.1) is 7.11 Å². The number of para-hydroxylation sites is 1. The number of likely N-dealkylation sites (N-methyl/N-ethyl adjacent to an activating group) is 1. The van der Waals surface area contributed by atoms with Gasteiger partial charge in [0.1, 0.15) is 0 Å². The molecule has 4 nitrogen and oxygen atoms in total. The molecule has 1 fully saturated rings. The lowest BCUT2D eigenvalue weighted by molar-refractivity contribution is 0.185. The van der Waals surface area contributed by atoms with Gasteiger partial charge < -0.3 is 15.2 Å². The van der Waals surface area contributed by atoms with Gasteiger partial charge >= 0.3 is 0 Å². The van der Waals surface area contributed by atoms with E-state index in [-0.39, 0.29) is 18.2 Å². The quantitative estimate of drug-likeness (QED) is 0.889. The van der Waals surface area contributed by atoms with Crippen molar-refractivity contribution in [2.45, 2.75) is 25.4 Å². The van der Waals surface area contributed by atoms with E-state index in [4.69, 9.17) is 4.74 Å². The number of benzene rings is 1. The largest absolute Gasteiger partial charge is 0.504 e. The predicted molar refractivity (Wildman–Crippen MR) is 79.3 cm³/mol. The van der Waals surface area contributed by atoms with Crippen LogP contribution >= 0.6 is 12.4 Å². The molecule has 0 radical (unpaired) electrons. The van der Waals surface area contributed by atoms with Crippen LogP contribution in [0.4, 0.5) is 0 Å². The van der Waals surface area contributed by atoms with Crippen molar-refractivity contribution >= 4 is 12.4 Å².